The first kappa shape index (κ1) is 56.6. The predicted molar refractivity (Wildman–Crippen MR) is 312 cm³/mol. The molecule has 0 spiro atoms. The largest absolute Gasteiger partial charge is 0.351 e. The van der Waals surface area contributed by atoms with Gasteiger partial charge < -0.3 is 31.1 Å². The van der Waals surface area contributed by atoms with E-state index in [0.717, 1.165) is 143 Å². The summed E-state index contributed by atoms with van der Waals surface area (Å²) >= 11 is 27.7. The van der Waals surface area contributed by atoms with Gasteiger partial charge in [-0.1, -0.05) is 55.1 Å². The molecule has 6 heterocycles. The molecule has 2 atom stereocenters. The molecule has 73 heavy (non-hydrogen) atoms. The highest BCUT2D eigenvalue weighted by Gasteiger charge is 2.39. The molecule has 4 aliphatic heterocycles. The van der Waals surface area contributed by atoms with Crippen molar-refractivity contribution in [3.63, 3.8) is 0 Å². The van der Waals surface area contributed by atoms with E-state index in [4.69, 9.17) is 44.6 Å². The number of benzene rings is 2. The molecule has 10 rings (SSSR count). The number of pyridine rings is 2. The number of fused-ring (bicyclic) bond motifs is 4. The zero-order valence-corrected chi connectivity index (χ0v) is 51.0. The van der Waals surface area contributed by atoms with Crippen molar-refractivity contribution in [2.24, 2.45) is 35.1 Å². The van der Waals surface area contributed by atoms with Gasteiger partial charge >= 0.3 is 12.1 Å². The lowest BCUT2D eigenvalue weighted by molar-refractivity contribution is -0.134. The summed E-state index contributed by atoms with van der Waals surface area (Å²) in [5.41, 5.74) is 20.9. The lowest BCUT2D eigenvalue weighted by atomic mass is 9.76. The molecular weight excluding hydrogens is 1340 g/mol. The molecule has 6 amide bonds. The number of nitrogens with two attached hydrogens (primary N) is 2. The maximum Gasteiger partial charge on any atom is 0.314 e. The first-order valence-corrected chi connectivity index (χ1v) is 29.4. The number of urea groups is 2. The minimum atomic E-state index is -0.362. The molecule has 12 nitrogen and oxygen atoms in total. The summed E-state index contributed by atoms with van der Waals surface area (Å²) in [5.74, 6) is 2.28. The van der Waals surface area contributed by atoms with Crippen molar-refractivity contribution in [2.45, 2.75) is 102 Å². The lowest BCUT2D eigenvalue weighted by Gasteiger charge is -2.38. The average Bonchev–Trinajstić information content (AvgIpc) is 3.62. The fraction of sp³-hybridized carbons (Fsp3) is 0.519. The Hall–Kier alpha value is -2.55. The smallest absolute Gasteiger partial charge is 0.314 e. The molecule has 0 radical (unpaired) electrons. The van der Waals surface area contributed by atoms with E-state index in [1.54, 1.807) is 9.80 Å². The maximum atomic E-state index is 13.1. The highest BCUT2D eigenvalue weighted by molar-refractivity contribution is 14.0. The maximum absolute atomic E-state index is 13.1. The van der Waals surface area contributed by atoms with Crippen LogP contribution in [0.15, 0.2) is 66.7 Å². The highest BCUT2D eigenvalue weighted by atomic mass is 127. The van der Waals surface area contributed by atoms with E-state index in [2.05, 4.69) is 88.0 Å². The van der Waals surface area contributed by atoms with Crippen LogP contribution in [0.4, 0.5) is 9.59 Å². The van der Waals surface area contributed by atoms with E-state index in [0.29, 0.717) is 62.7 Å². The van der Waals surface area contributed by atoms with E-state index in [9.17, 15) is 19.2 Å². The molecule has 19 heteroatoms. The molecule has 0 unspecified atom stereocenters. The summed E-state index contributed by atoms with van der Waals surface area (Å²) in [5, 5.41) is 1.50. The van der Waals surface area contributed by atoms with Gasteiger partial charge in [0.15, 0.2) is 0 Å². The third kappa shape index (κ3) is 13.4. The van der Waals surface area contributed by atoms with Crippen LogP contribution in [0.1, 0.15) is 121 Å². The first-order chi connectivity index (χ1) is 34.6. The third-order valence-electron chi connectivity index (χ3n) is 16.3. The van der Waals surface area contributed by atoms with Crippen molar-refractivity contribution in [1.29, 1.82) is 0 Å². The van der Waals surface area contributed by atoms with Crippen LogP contribution in [0, 0.1) is 23.7 Å². The number of aryl methyl sites for hydroxylation is 4. The molecule has 6 aliphatic rings. The molecule has 4 aromatic rings. The summed E-state index contributed by atoms with van der Waals surface area (Å²) in [7, 11) is 0. The molecular formula is C54H63Br4Cl2IN8O4. The van der Waals surface area contributed by atoms with E-state index in [-0.39, 0.29) is 59.7 Å². The Balaban J connectivity index is 0.000000192. The van der Waals surface area contributed by atoms with Gasteiger partial charge in [0.2, 0.25) is 11.8 Å². The average molecular weight is 1410 g/mol. The number of likely N-dealkylation sites (tertiary alicyclic amines) is 4. The second-order valence-electron chi connectivity index (χ2n) is 20.7. The van der Waals surface area contributed by atoms with Crippen molar-refractivity contribution < 1.29 is 19.2 Å². The van der Waals surface area contributed by atoms with Gasteiger partial charge in [0.05, 0.1) is 11.4 Å². The molecule has 4 saturated heterocycles. The number of hydrogen-bond acceptors (Lipinski definition) is 6. The number of aromatic nitrogens is 2. The zero-order valence-electron chi connectivity index (χ0n) is 40.8. The van der Waals surface area contributed by atoms with Gasteiger partial charge in [-0.05, 0) is 202 Å². The third-order valence-corrected chi connectivity index (χ3v) is 19.0. The zero-order chi connectivity index (χ0) is 50.8. The van der Waals surface area contributed by atoms with Crippen LogP contribution < -0.4 is 11.5 Å². The molecule has 4 fully saturated rings. The number of halogens is 7. The molecule has 392 valence electrons. The molecule has 0 saturated carbocycles. The van der Waals surface area contributed by atoms with Crippen LogP contribution in [-0.4, -0.2) is 106 Å². The van der Waals surface area contributed by atoms with Crippen molar-refractivity contribution in [3.05, 3.63) is 121 Å². The van der Waals surface area contributed by atoms with Crippen LogP contribution in [0.5, 0.6) is 0 Å². The van der Waals surface area contributed by atoms with E-state index in [1.807, 2.05) is 34.3 Å². The number of amides is 6. The van der Waals surface area contributed by atoms with Gasteiger partial charge in [0.1, 0.15) is 0 Å². The van der Waals surface area contributed by atoms with Crippen LogP contribution in [-0.2, 0) is 35.3 Å². The number of carbonyl (C=O) groups excluding carboxylic acids is 4. The minimum absolute atomic E-state index is 0. The van der Waals surface area contributed by atoms with Crippen LogP contribution in [0.2, 0.25) is 10.0 Å². The summed E-state index contributed by atoms with van der Waals surface area (Å²) in [6, 6.07) is 11.9. The van der Waals surface area contributed by atoms with Gasteiger partial charge in [0.25, 0.3) is 0 Å². The lowest BCUT2D eigenvalue weighted by Crippen LogP contribution is -2.44. The van der Waals surface area contributed by atoms with E-state index < -0.39 is 0 Å². The van der Waals surface area contributed by atoms with Crippen LogP contribution in [0.25, 0.3) is 0 Å². The highest BCUT2D eigenvalue weighted by Crippen LogP contribution is 2.48. The second kappa shape index (κ2) is 25.3. The molecule has 2 aromatic carbocycles. The normalized spacial score (nSPS) is 20.7. The van der Waals surface area contributed by atoms with Crippen LogP contribution in [0.3, 0.4) is 0 Å². The minimum Gasteiger partial charge on any atom is -0.351 e. The predicted octanol–water partition coefficient (Wildman–Crippen LogP) is 12.4. The van der Waals surface area contributed by atoms with Crippen molar-refractivity contribution in [1.82, 2.24) is 29.6 Å². The Bertz CT molecular complexity index is 2510. The Kier molecular flexibility index (Phi) is 19.6. The molecule has 2 aliphatic carbocycles. The Morgan fingerprint density at radius 1 is 0.493 bits per heavy atom. The molecule has 0 bridgehead atoms. The molecule has 4 N–H and O–H groups in total. The number of primary amides is 2. The van der Waals surface area contributed by atoms with Crippen molar-refractivity contribution >= 4 is 135 Å². The topological polar surface area (TPSA) is 159 Å². The SMILES string of the molecule is I.NC(=O)N1CCC(CC(=O)N2CCC([C@H]3c4ncc(Br)cc4CCc4cc(Cl)cc(Br)c43)CC2)CC1.NC(=O)N1CCC(CC(=O)N2CCC([C@H]3c4ncc(Br)cc4CCc4cc(Cl)cc(Br)c43)CC2)CC1. The van der Waals surface area contributed by atoms with Gasteiger partial charge in [-0.25, -0.2) is 9.59 Å². The number of piperidine rings is 4. The van der Waals surface area contributed by atoms with Crippen LogP contribution >= 0.6 is 111 Å². The van der Waals surface area contributed by atoms with E-state index >= 15 is 0 Å². The molecule has 2 aromatic heterocycles. The summed E-state index contributed by atoms with van der Waals surface area (Å²) < 4.78 is 4.11. The quantitative estimate of drug-likeness (QED) is 0.183. The van der Waals surface area contributed by atoms with Crippen molar-refractivity contribution in [3.8, 4) is 0 Å². The Morgan fingerprint density at radius 3 is 1.16 bits per heavy atom. The summed E-state index contributed by atoms with van der Waals surface area (Å²) in [6.45, 7) is 5.68. The number of hydrogen-bond donors (Lipinski definition) is 2. The van der Waals surface area contributed by atoms with E-state index in [1.165, 1.54) is 33.4 Å². The first-order valence-electron chi connectivity index (χ1n) is 25.5. The second-order valence-corrected chi connectivity index (χ2v) is 25.1. The summed E-state index contributed by atoms with van der Waals surface area (Å²) in [4.78, 5) is 66.3. The summed E-state index contributed by atoms with van der Waals surface area (Å²) in [6.07, 6.45) is 15.8. The van der Waals surface area contributed by atoms with Crippen molar-refractivity contribution in [2.75, 3.05) is 52.4 Å². The Labute approximate surface area is 489 Å². The monoisotopic (exact) mass is 1400 g/mol. The number of rotatable bonds is 6. The fourth-order valence-corrected chi connectivity index (χ4v) is 15.5. The standard InChI is InChI=1S/2C27H31Br2ClN4O2.HI/c2*28-20-12-19-2-1-18-13-21(30)14-22(29)24(18)25(26(19)32-15-20)17-5-9-33(10-6-17)23(35)11-16-3-7-34(8-4-16)27(31)36;/h2*12-17,25H,1-11H2,(H2,31,36);1H/t2*25-;/m11./s1. The Morgan fingerprint density at radius 2 is 0.822 bits per heavy atom. The van der Waals surface area contributed by atoms with Gasteiger partial charge in [-0.3, -0.25) is 19.6 Å². The fourth-order valence-electron chi connectivity index (χ4n) is 12.5. The number of carbonyl (C=O) groups is 4. The number of nitrogens with zero attached hydrogens (tertiary/aromatic N) is 6. The van der Waals surface area contributed by atoms with Gasteiger partial charge in [-0.2, -0.15) is 0 Å². The van der Waals surface area contributed by atoms with Gasteiger partial charge in [-0.15, -0.1) is 24.0 Å². The van der Waals surface area contributed by atoms with Gasteiger partial charge in [0, 0.05) is 117 Å².